The van der Waals surface area contributed by atoms with Crippen LogP contribution in [0.15, 0.2) is 22.8 Å². The molecule has 1 aliphatic heterocycles. The Hall–Kier alpha value is -1.66. The highest BCUT2D eigenvalue weighted by molar-refractivity contribution is 6.09. The molecule has 0 spiro atoms. The molecule has 116 valence electrons. The maximum Gasteiger partial charge on any atom is 0.296 e. The molecule has 0 saturated carbocycles. The van der Waals surface area contributed by atoms with Crippen molar-refractivity contribution in [2.24, 2.45) is 5.92 Å². The number of amides is 2. The van der Waals surface area contributed by atoms with Crippen molar-refractivity contribution in [1.29, 1.82) is 0 Å². The van der Waals surface area contributed by atoms with Crippen LogP contribution >= 0.6 is 0 Å². The van der Waals surface area contributed by atoms with E-state index >= 15 is 0 Å². The number of methoxy groups -OCH3 is 1. The van der Waals surface area contributed by atoms with Gasteiger partial charge in [-0.2, -0.15) is 0 Å². The molecule has 1 saturated heterocycles. The molecule has 2 rings (SSSR count). The van der Waals surface area contributed by atoms with Crippen LogP contribution in [0, 0.1) is 5.92 Å². The lowest BCUT2D eigenvalue weighted by Gasteiger charge is -2.48. The first kappa shape index (κ1) is 15.7. The molecule has 0 unspecified atom stereocenters. The second-order valence-electron chi connectivity index (χ2n) is 5.87. The Bertz CT molecular complexity index is 520. The van der Waals surface area contributed by atoms with Gasteiger partial charge in [0.1, 0.15) is 0 Å². The van der Waals surface area contributed by atoms with E-state index in [0.717, 1.165) is 0 Å². The summed E-state index contributed by atoms with van der Waals surface area (Å²) in [5, 5.41) is 0. The first-order chi connectivity index (χ1) is 9.78. The van der Waals surface area contributed by atoms with Gasteiger partial charge >= 0.3 is 0 Å². The summed E-state index contributed by atoms with van der Waals surface area (Å²) < 4.78 is 16.0. The van der Waals surface area contributed by atoms with Crippen molar-refractivity contribution < 1.29 is 23.5 Å². The third-order valence-electron chi connectivity index (χ3n) is 3.63. The summed E-state index contributed by atoms with van der Waals surface area (Å²) in [7, 11) is 1.51. The van der Waals surface area contributed by atoms with Crippen molar-refractivity contribution in [1.82, 2.24) is 4.90 Å². The van der Waals surface area contributed by atoms with Crippen LogP contribution in [0.25, 0.3) is 0 Å². The van der Waals surface area contributed by atoms with E-state index in [9.17, 15) is 9.59 Å². The number of ether oxygens (including phenoxy) is 2. The Morgan fingerprint density at radius 2 is 2.10 bits per heavy atom. The number of hydrogen-bond acceptors (Lipinski definition) is 5. The Morgan fingerprint density at radius 1 is 1.43 bits per heavy atom. The molecule has 21 heavy (non-hydrogen) atoms. The number of rotatable bonds is 5. The van der Waals surface area contributed by atoms with Gasteiger partial charge in [0, 0.05) is 7.11 Å². The number of likely N-dealkylation sites (tertiary alicyclic amines) is 1. The highest BCUT2D eigenvalue weighted by Crippen LogP contribution is 2.33. The number of furan rings is 1. The molecule has 0 N–H and O–H groups in total. The summed E-state index contributed by atoms with van der Waals surface area (Å²) >= 11 is 0. The third-order valence-corrected chi connectivity index (χ3v) is 3.63. The van der Waals surface area contributed by atoms with Gasteiger partial charge in [-0.1, -0.05) is 13.8 Å². The average Bonchev–Trinajstić information content (AvgIpc) is 2.95. The van der Waals surface area contributed by atoms with Crippen LogP contribution in [0.2, 0.25) is 0 Å². The van der Waals surface area contributed by atoms with E-state index in [1.807, 2.05) is 13.8 Å². The standard InChI is InChI=1S/C15H21NO5/c1-9(2)11-12(21-15(3,4)19-5)14(18)16(11)13(17)10-7-6-8-20-10/h6-9,11-12H,1-5H3/t11-,12+/m0/s1. The lowest BCUT2D eigenvalue weighted by atomic mass is 9.87. The maximum atomic E-state index is 12.3. The molecule has 1 aliphatic rings. The van der Waals surface area contributed by atoms with Gasteiger partial charge in [0.2, 0.25) is 0 Å². The second kappa shape index (κ2) is 5.61. The first-order valence-corrected chi connectivity index (χ1v) is 6.92. The Labute approximate surface area is 124 Å². The molecule has 0 radical (unpaired) electrons. The monoisotopic (exact) mass is 295 g/mol. The van der Waals surface area contributed by atoms with E-state index in [0.29, 0.717) is 0 Å². The fourth-order valence-corrected chi connectivity index (χ4v) is 2.36. The van der Waals surface area contributed by atoms with Crippen LogP contribution in [0.4, 0.5) is 0 Å². The minimum atomic E-state index is -0.882. The maximum absolute atomic E-state index is 12.3. The molecule has 2 heterocycles. The van der Waals surface area contributed by atoms with E-state index in [1.54, 1.807) is 26.0 Å². The fourth-order valence-electron chi connectivity index (χ4n) is 2.36. The predicted molar refractivity (Wildman–Crippen MR) is 74.5 cm³/mol. The molecule has 0 aromatic carbocycles. The average molecular weight is 295 g/mol. The summed E-state index contributed by atoms with van der Waals surface area (Å²) in [5.74, 6) is -1.45. The van der Waals surface area contributed by atoms with E-state index in [4.69, 9.17) is 13.9 Å². The van der Waals surface area contributed by atoms with Crippen molar-refractivity contribution in [2.45, 2.75) is 45.6 Å². The Morgan fingerprint density at radius 3 is 2.57 bits per heavy atom. The van der Waals surface area contributed by atoms with Crippen molar-refractivity contribution in [3.05, 3.63) is 24.2 Å². The molecule has 0 aliphatic carbocycles. The molecule has 6 heteroatoms. The van der Waals surface area contributed by atoms with Gasteiger partial charge in [-0.25, -0.2) is 0 Å². The van der Waals surface area contributed by atoms with Gasteiger partial charge in [-0.15, -0.1) is 0 Å². The number of carbonyl (C=O) groups is 2. The topological polar surface area (TPSA) is 69.0 Å². The van der Waals surface area contributed by atoms with Crippen molar-refractivity contribution in [2.75, 3.05) is 7.11 Å². The van der Waals surface area contributed by atoms with Crippen molar-refractivity contribution >= 4 is 11.8 Å². The number of nitrogens with zero attached hydrogens (tertiary/aromatic N) is 1. The zero-order valence-corrected chi connectivity index (χ0v) is 13.0. The number of hydrogen-bond donors (Lipinski definition) is 0. The Kier molecular flexibility index (Phi) is 4.20. The van der Waals surface area contributed by atoms with Gasteiger partial charge < -0.3 is 13.9 Å². The van der Waals surface area contributed by atoms with E-state index < -0.39 is 17.8 Å². The number of imide groups is 1. The lowest BCUT2D eigenvalue weighted by molar-refractivity contribution is -0.252. The molecular formula is C15H21NO5. The minimum absolute atomic E-state index is 0.0688. The summed E-state index contributed by atoms with van der Waals surface area (Å²) in [5.41, 5.74) is 0. The predicted octanol–water partition coefficient (Wildman–Crippen LogP) is 2.05. The lowest BCUT2D eigenvalue weighted by Crippen LogP contribution is -2.70. The normalized spacial score (nSPS) is 22.6. The third kappa shape index (κ3) is 2.87. The van der Waals surface area contributed by atoms with Gasteiger partial charge in [0.25, 0.3) is 11.8 Å². The van der Waals surface area contributed by atoms with Gasteiger partial charge in [-0.3, -0.25) is 14.5 Å². The van der Waals surface area contributed by atoms with Gasteiger partial charge in [0.15, 0.2) is 17.7 Å². The molecule has 1 aromatic rings. The largest absolute Gasteiger partial charge is 0.459 e. The molecular weight excluding hydrogens is 274 g/mol. The van der Waals surface area contributed by atoms with Crippen LogP contribution < -0.4 is 0 Å². The Balaban J connectivity index is 2.18. The molecule has 1 aromatic heterocycles. The van der Waals surface area contributed by atoms with Gasteiger partial charge in [-0.05, 0) is 31.9 Å². The molecule has 2 atom stereocenters. The zero-order chi connectivity index (χ0) is 15.8. The minimum Gasteiger partial charge on any atom is -0.459 e. The highest BCUT2D eigenvalue weighted by atomic mass is 16.7. The van der Waals surface area contributed by atoms with E-state index in [1.165, 1.54) is 18.3 Å². The quantitative estimate of drug-likeness (QED) is 0.472. The van der Waals surface area contributed by atoms with Crippen LogP contribution in [0.3, 0.4) is 0 Å². The molecule has 2 amide bonds. The number of β-lactam (4-membered cyclic amide) rings is 1. The molecule has 6 nitrogen and oxygen atoms in total. The smallest absolute Gasteiger partial charge is 0.296 e. The second-order valence-corrected chi connectivity index (χ2v) is 5.87. The zero-order valence-electron chi connectivity index (χ0n) is 13.0. The van der Waals surface area contributed by atoms with Gasteiger partial charge in [0.05, 0.1) is 12.3 Å². The fraction of sp³-hybridized carbons (Fsp3) is 0.600. The number of carbonyl (C=O) groups excluding carboxylic acids is 2. The summed E-state index contributed by atoms with van der Waals surface area (Å²) in [4.78, 5) is 25.8. The molecule has 0 bridgehead atoms. The van der Waals surface area contributed by atoms with Crippen molar-refractivity contribution in [3.63, 3.8) is 0 Å². The first-order valence-electron chi connectivity index (χ1n) is 6.92. The summed E-state index contributed by atoms with van der Waals surface area (Å²) in [6.07, 6.45) is 0.725. The van der Waals surface area contributed by atoms with Crippen molar-refractivity contribution in [3.8, 4) is 0 Å². The summed E-state index contributed by atoms with van der Waals surface area (Å²) in [6, 6.07) is 2.83. The van der Waals surface area contributed by atoms with Crippen LogP contribution in [-0.4, -0.2) is 41.8 Å². The van der Waals surface area contributed by atoms with E-state index in [-0.39, 0.29) is 23.6 Å². The highest BCUT2D eigenvalue weighted by Gasteiger charge is 2.55. The SMILES string of the molecule is COC(C)(C)O[C@H]1C(=O)N(C(=O)c2ccco2)[C@H]1C(C)C. The van der Waals surface area contributed by atoms with Crippen LogP contribution in [0.5, 0.6) is 0 Å². The summed E-state index contributed by atoms with van der Waals surface area (Å²) in [6.45, 7) is 7.34. The van der Waals surface area contributed by atoms with Crippen LogP contribution in [0.1, 0.15) is 38.2 Å². The molecule has 1 fully saturated rings. The van der Waals surface area contributed by atoms with Crippen LogP contribution in [-0.2, 0) is 14.3 Å². The van der Waals surface area contributed by atoms with E-state index in [2.05, 4.69) is 0 Å².